The maximum absolute atomic E-state index is 4.47. The second-order valence-corrected chi connectivity index (χ2v) is 7.47. The summed E-state index contributed by atoms with van der Waals surface area (Å²) in [7, 11) is 0. The zero-order valence-electron chi connectivity index (χ0n) is 14.5. The van der Waals surface area contributed by atoms with Gasteiger partial charge in [-0.15, -0.1) is 0 Å². The average Bonchev–Trinajstić information content (AvgIpc) is 3.01. The van der Waals surface area contributed by atoms with E-state index in [0.717, 1.165) is 19.6 Å². The number of aromatic nitrogens is 1. The van der Waals surface area contributed by atoms with Crippen LogP contribution in [-0.4, -0.2) is 35.1 Å². The topological polar surface area (TPSA) is 28.2 Å². The molecule has 3 heteroatoms. The zero-order chi connectivity index (χ0) is 16.4. The van der Waals surface area contributed by atoms with Gasteiger partial charge in [0.05, 0.1) is 5.69 Å². The highest BCUT2D eigenvalue weighted by Gasteiger charge is 2.30. The van der Waals surface area contributed by atoms with Gasteiger partial charge in [0.25, 0.3) is 0 Å². The molecule has 2 aliphatic rings. The van der Waals surface area contributed by atoms with Crippen LogP contribution < -0.4 is 5.32 Å². The number of hydrogen-bond donors (Lipinski definition) is 1. The fourth-order valence-electron chi connectivity index (χ4n) is 4.32. The van der Waals surface area contributed by atoms with Crippen molar-refractivity contribution in [2.75, 3.05) is 13.1 Å². The van der Waals surface area contributed by atoms with Crippen LogP contribution in [0, 0.1) is 5.92 Å². The Morgan fingerprint density at radius 2 is 1.83 bits per heavy atom. The Morgan fingerprint density at radius 1 is 1.08 bits per heavy atom. The van der Waals surface area contributed by atoms with Crippen molar-refractivity contribution in [3.63, 3.8) is 0 Å². The minimum Gasteiger partial charge on any atom is -0.310 e. The van der Waals surface area contributed by atoms with Crippen molar-refractivity contribution in [3.05, 3.63) is 65.5 Å². The maximum atomic E-state index is 4.47. The van der Waals surface area contributed by atoms with Crippen molar-refractivity contribution in [2.24, 2.45) is 5.92 Å². The first kappa shape index (κ1) is 15.8. The SMILES string of the molecule is C[C@@H]1CN(Cc2ccccn2)CC[C@H]1NC1Cc2ccccc2C1. The van der Waals surface area contributed by atoms with E-state index in [2.05, 4.69) is 58.5 Å². The molecule has 1 aliphatic heterocycles. The molecular formula is C21H27N3. The van der Waals surface area contributed by atoms with Gasteiger partial charge in [-0.25, -0.2) is 0 Å². The highest BCUT2D eigenvalue weighted by molar-refractivity contribution is 5.33. The number of nitrogens with one attached hydrogen (secondary N) is 1. The summed E-state index contributed by atoms with van der Waals surface area (Å²) in [5.41, 5.74) is 4.26. The molecule has 24 heavy (non-hydrogen) atoms. The number of nitrogens with zero attached hydrogens (tertiary/aromatic N) is 2. The van der Waals surface area contributed by atoms with E-state index < -0.39 is 0 Å². The molecule has 1 aromatic carbocycles. The molecule has 0 saturated carbocycles. The Hall–Kier alpha value is -1.71. The van der Waals surface area contributed by atoms with E-state index in [1.54, 1.807) is 0 Å². The summed E-state index contributed by atoms with van der Waals surface area (Å²) in [6, 6.07) is 16.4. The second kappa shape index (κ2) is 7.04. The lowest BCUT2D eigenvalue weighted by Crippen LogP contribution is -2.51. The van der Waals surface area contributed by atoms with E-state index in [0.29, 0.717) is 18.0 Å². The van der Waals surface area contributed by atoms with Gasteiger partial charge in [-0.2, -0.15) is 0 Å². The number of pyridine rings is 1. The first-order chi connectivity index (χ1) is 11.8. The molecule has 4 rings (SSSR count). The lowest BCUT2D eigenvalue weighted by molar-refractivity contribution is 0.133. The van der Waals surface area contributed by atoms with Crippen LogP contribution in [0.1, 0.15) is 30.2 Å². The quantitative estimate of drug-likeness (QED) is 0.938. The van der Waals surface area contributed by atoms with Crippen molar-refractivity contribution >= 4 is 0 Å². The maximum Gasteiger partial charge on any atom is 0.0543 e. The number of rotatable bonds is 4. The Labute approximate surface area is 145 Å². The van der Waals surface area contributed by atoms with Crippen LogP contribution in [0.15, 0.2) is 48.7 Å². The van der Waals surface area contributed by atoms with Crippen molar-refractivity contribution in [3.8, 4) is 0 Å². The van der Waals surface area contributed by atoms with E-state index in [1.165, 1.54) is 36.1 Å². The van der Waals surface area contributed by atoms with Crippen LogP contribution in [-0.2, 0) is 19.4 Å². The van der Waals surface area contributed by atoms with Gasteiger partial charge < -0.3 is 5.32 Å². The largest absolute Gasteiger partial charge is 0.310 e. The van der Waals surface area contributed by atoms with Crippen molar-refractivity contribution in [1.29, 1.82) is 0 Å². The third-order valence-electron chi connectivity index (χ3n) is 5.60. The average molecular weight is 321 g/mol. The zero-order valence-corrected chi connectivity index (χ0v) is 14.5. The Morgan fingerprint density at radius 3 is 2.50 bits per heavy atom. The molecule has 2 atom stereocenters. The monoisotopic (exact) mass is 321 g/mol. The van der Waals surface area contributed by atoms with E-state index in [4.69, 9.17) is 0 Å². The molecule has 0 bridgehead atoms. The molecule has 1 aliphatic carbocycles. The summed E-state index contributed by atoms with van der Waals surface area (Å²) < 4.78 is 0. The summed E-state index contributed by atoms with van der Waals surface area (Å²) in [6.07, 6.45) is 5.51. The van der Waals surface area contributed by atoms with Gasteiger partial charge in [0.2, 0.25) is 0 Å². The normalized spacial score (nSPS) is 24.9. The smallest absolute Gasteiger partial charge is 0.0543 e. The van der Waals surface area contributed by atoms with Crippen molar-refractivity contribution < 1.29 is 0 Å². The van der Waals surface area contributed by atoms with Gasteiger partial charge in [0.1, 0.15) is 0 Å². The van der Waals surface area contributed by atoms with E-state index in [1.807, 2.05) is 12.3 Å². The highest BCUT2D eigenvalue weighted by Crippen LogP contribution is 2.25. The molecule has 126 valence electrons. The van der Waals surface area contributed by atoms with Crippen molar-refractivity contribution in [2.45, 2.75) is 44.8 Å². The minimum absolute atomic E-state index is 0.622. The Kier molecular flexibility index (Phi) is 4.63. The lowest BCUT2D eigenvalue weighted by atomic mass is 9.92. The predicted molar refractivity (Wildman–Crippen MR) is 97.9 cm³/mol. The Bertz CT molecular complexity index is 645. The summed E-state index contributed by atoms with van der Waals surface area (Å²) in [4.78, 5) is 7.02. The second-order valence-electron chi connectivity index (χ2n) is 7.47. The molecular weight excluding hydrogens is 294 g/mol. The van der Waals surface area contributed by atoms with E-state index >= 15 is 0 Å². The molecule has 1 fully saturated rings. The van der Waals surface area contributed by atoms with Gasteiger partial charge in [-0.1, -0.05) is 37.3 Å². The lowest BCUT2D eigenvalue weighted by Gasteiger charge is -2.38. The molecule has 0 amide bonds. The molecule has 1 saturated heterocycles. The predicted octanol–water partition coefficient (Wildman–Crippen LogP) is 3.05. The molecule has 0 spiro atoms. The number of hydrogen-bond acceptors (Lipinski definition) is 3. The Balaban J connectivity index is 1.30. The van der Waals surface area contributed by atoms with Gasteiger partial charge in [0.15, 0.2) is 0 Å². The number of likely N-dealkylation sites (tertiary alicyclic amines) is 1. The van der Waals surface area contributed by atoms with Crippen LogP contribution in [0.25, 0.3) is 0 Å². The standard InChI is InChI=1S/C21H27N3/c1-16-14-24(15-19-8-4-5-10-22-19)11-9-21(16)23-20-12-17-6-2-3-7-18(17)13-20/h2-8,10,16,20-21,23H,9,11-15H2,1H3/t16-,21-/m1/s1. The van der Waals surface area contributed by atoms with Gasteiger partial charge in [-0.05, 0) is 48.4 Å². The molecule has 1 aromatic heterocycles. The fourth-order valence-corrected chi connectivity index (χ4v) is 4.32. The molecule has 0 radical (unpaired) electrons. The summed E-state index contributed by atoms with van der Waals surface area (Å²) in [5.74, 6) is 0.686. The van der Waals surface area contributed by atoms with Crippen LogP contribution in [0.5, 0.6) is 0 Å². The van der Waals surface area contributed by atoms with Crippen molar-refractivity contribution in [1.82, 2.24) is 15.2 Å². The molecule has 2 heterocycles. The fraction of sp³-hybridized carbons (Fsp3) is 0.476. The first-order valence-corrected chi connectivity index (χ1v) is 9.23. The van der Waals surface area contributed by atoms with Gasteiger partial charge >= 0.3 is 0 Å². The molecule has 2 aromatic rings. The summed E-state index contributed by atoms with van der Waals surface area (Å²) in [5, 5.41) is 3.96. The van der Waals surface area contributed by atoms with Gasteiger partial charge in [0, 0.05) is 37.9 Å². The van der Waals surface area contributed by atoms with Crippen LogP contribution >= 0.6 is 0 Å². The van der Waals surface area contributed by atoms with E-state index in [-0.39, 0.29) is 0 Å². The first-order valence-electron chi connectivity index (χ1n) is 9.23. The van der Waals surface area contributed by atoms with Crippen LogP contribution in [0.3, 0.4) is 0 Å². The number of fused-ring (bicyclic) bond motifs is 1. The third-order valence-corrected chi connectivity index (χ3v) is 5.60. The van der Waals surface area contributed by atoms with Crippen LogP contribution in [0.4, 0.5) is 0 Å². The number of piperidine rings is 1. The third kappa shape index (κ3) is 3.52. The highest BCUT2D eigenvalue weighted by atomic mass is 15.2. The minimum atomic E-state index is 0.622. The van der Waals surface area contributed by atoms with Crippen LogP contribution in [0.2, 0.25) is 0 Å². The summed E-state index contributed by atoms with van der Waals surface area (Å²) in [6.45, 7) is 5.70. The molecule has 3 nitrogen and oxygen atoms in total. The number of benzene rings is 1. The summed E-state index contributed by atoms with van der Waals surface area (Å²) >= 11 is 0. The van der Waals surface area contributed by atoms with E-state index in [9.17, 15) is 0 Å². The molecule has 1 N–H and O–H groups in total. The van der Waals surface area contributed by atoms with Gasteiger partial charge in [-0.3, -0.25) is 9.88 Å². The molecule has 0 unspecified atom stereocenters.